The van der Waals surface area contributed by atoms with Gasteiger partial charge in [-0.2, -0.15) is 5.10 Å². The van der Waals surface area contributed by atoms with Crippen LogP contribution < -0.4 is 5.32 Å². The third-order valence-electron chi connectivity index (χ3n) is 2.81. The van der Waals surface area contributed by atoms with E-state index in [1.807, 2.05) is 18.4 Å². The summed E-state index contributed by atoms with van der Waals surface area (Å²) in [7, 11) is 0. The van der Waals surface area contributed by atoms with Crippen LogP contribution in [0.15, 0.2) is 17.5 Å². The Morgan fingerprint density at radius 3 is 3.00 bits per heavy atom. The SMILES string of the molecule is CCn1nc(C)c(Cl)c1C(=O)NCCc1cccs1. The molecule has 0 spiro atoms. The average Bonchev–Trinajstić information content (AvgIpc) is 2.99. The molecule has 0 radical (unpaired) electrons. The quantitative estimate of drug-likeness (QED) is 0.922. The number of nitrogens with zero attached hydrogens (tertiary/aromatic N) is 2. The van der Waals surface area contributed by atoms with E-state index in [9.17, 15) is 4.79 Å². The Kier molecular flexibility index (Phi) is 4.61. The lowest BCUT2D eigenvalue weighted by Gasteiger charge is -2.06. The van der Waals surface area contributed by atoms with Gasteiger partial charge in [-0.05, 0) is 31.7 Å². The van der Waals surface area contributed by atoms with Crippen LogP contribution in [0, 0.1) is 6.92 Å². The van der Waals surface area contributed by atoms with Gasteiger partial charge in [0, 0.05) is 18.0 Å². The van der Waals surface area contributed by atoms with Gasteiger partial charge in [0.1, 0.15) is 5.69 Å². The summed E-state index contributed by atoms with van der Waals surface area (Å²) in [6.45, 7) is 4.97. The molecular formula is C13H16ClN3OS. The highest BCUT2D eigenvalue weighted by Crippen LogP contribution is 2.20. The maximum Gasteiger partial charge on any atom is 0.271 e. The first-order chi connectivity index (χ1) is 9.13. The summed E-state index contributed by atoms with van der Waals surface area (Å²) in [5.74, 6) is -0.163. The van der Waals surface area contributed by atoms with Crippen molar-refractivity contribution >= 4 is 28.8 Å². The molecule has 0 unspecified atom stereocenters. The van der Waals surface area contributed by atoms with E-state index in [-0.39, 0.29) is 5.91 Å². The fourth-order valence-corrected chi connectivity index (χ4v) is 2.77. The molecule has 4 nitrogen and oxygen atoms in total. The van der Waals surface area contributed by atoms with Gasteiger partial charge in [0.2, 0.25) is 0 Å². The molecule has 0 atom stereocenters. The summed E-state index contributed by atoms with van der Waals surface area (Å²) in [5.41, 5.74) is 1.14. The highest BCUT2D eigenvalue weighted by atomic mass is 35.5. The lowest BCUT2D eigenvalue weighted by Crippen LogP contribution is -2.28. The van der Waals surface area contributed by atoms with Gasteiger partial charge < -0.3 is 5.32 Å². The molecule has 2 aromatic heterocycles. The number of amides is 1. The minimum absolute atomic E-state index is 0.163. The summed E-state index contributed by atoms with van der Waals surface area (Å²) >= 11 is 7.81. The number of thiophene rings is 1. The topological polar surface area (TPSA) is 46.9 Å². The molecule has 6 heteroatoms. The van der Waals surface area contributed by atoms with Crippen molar-refractivity contribution in [1.82, 2.24) is 15.1 Å². The monoisotopic (exact) mass is 297 g/mol. The normalized spacial score (nSPS) is 10.7. The molecule has 0 saturated carbocycles. The van der Waals surface area contributed by atoms with Crippen LogP contribution in [0.2, 0.25) is 5.02 Å². The summed E-state index contributed by atoms with van der Waals surface area (Å²) in [5, 5.41) is 9.59. The number of nitrogens with one attached hydrogen (secondary N) is 1. The van der Waals surface area contributed by atoms with Crippen LogP contribution in [-0.4, -0.2) is 22.2 Å². The van der Waals surface area contributed by atoms with Crippen molar-refractivity contribution < 1.29 is 4.79 Å². The molecule has 2 rings (SSSR count). The number of rotatable bonds is 5. The van der Waals surface area contributed by atoms with E-state index in [0.717, 1.165) is 6.42 Å². The minimum atomic E-state index is -0.163. The number of carbonyl (C=O) groups is 1. The zero-order chi connectivity index (χ0) is 13.8. The van der Waals surface area contributed by atoms with E-state index >= 15 is 0 Å². The second kappa shape index (κ2) is 6.21. The van der Waals surface area contributed by atoms with Gasteiger partial charge in [0.15, 0.2) is 0 Å². The number of halogens is 1. The largest absolute Gasteiger partial charge is 0.350 e. The smallest absolute Gasteiger partial charge is 0.271 e. The predicted octanol–water partition coefficient (Wildman–Crippen LogP) is 2.90. The lowest BCUT2D eigenvalue weighted by molar-refractivity contribution is 0.0943. The zero-order valence-electron chi connectivity index (χ0n) is 10.9. The molecule has 1 N–H and O–H groups in total. The van der Waals surface area contributed by atoms with Gasteiger partial charge >= 0.3 is 0 Å². The van der Waals surface area contributed by atoms with E-state index in [4.69, 9.17) is 11.6 Å². The van der Waals surface area contributed by atoms with Crippen molar-refractivity contribution in [1.29, 1.82) is 0 Å². The van der Waals surface area contributed by atoms with Gasteiger partial charge in [-0.25, -0.2) is 0 Å². The Labute approximate surface area is 121 Å². The minimum Gasteiger partial charge on any atom is -0.350 e. The van der Waals surface area contributed by atoms with Crippen LogP contribution in [-0.2, 0) is 13.0 Å². The second-order valence-corrected chi connectivity index (χ2v) is 5.56. The molecule has 102 valence electrons. The molecule has 1 amide bonds. The molecule has 2 heterocycles. The van der Waals surface area contributed by atoms with Crippen molar-refractivity contribution in [3.8, 4) is 0 Å². The fraction of sp³-hybridized carbons (Fsp3) is 0.385. The highest BCUT2D eigenvalue weighted by molar-refractivity contribution is 7.09. The van der Waals surface area contributed by atoms with Crippen LogP contribution in [0.25, 0.3) is 0 Å². The third kappa shape index (κ3) is 3.16. The van der Waals surface area contributed by atoms with E-state index < -0.39 is 0 Å². The molecule has 0 aliphatic heterocycles. The van der Waals surface area contributed by atoms with Crippen molar-refractivity contribution in [2.45, 2.75) is 26.8 Å². The van der Waals surface area contributed by atoms with Gasteiger partial charge in [0.25, 0.3) is 5.91 Å². The Balaban J connectivity index is 2.00. The molecular weight excluding hydrogens is 282 g/mol. The second-order valence-electron chi connectivity index (χ2n) is 4.15. The first kappa shape index (κ1) is 14.1. The Morgan fingerprint density at radius 1 is 1.58 bits per heavy atom. The first-order valence-corrected chi connectivity index (χ1v) is 7.42. The van der Waals surface area contributed by atoms with Crippen LogP contribution in [0.5, 0.6) is 0 Å². The molecule has 0 fully saturated rings. The van der Waals surface area contributed by atoms with E-state index in [0.29, 0.717) is 29.5 Å². The maximum atomic E-state index is 12.1. The predicted molar refractivity (Wildman–Crippen MR) is 78.0 cm³/mol. The standard InChI is InChI=1S/C13H16ClN3OS/c1-3-17-12(11(14)9(2)16-17)13(18)15-7-6-10-5-4-8-19-10/h4-5,8H,3,6-7H2,1-2H3,(H,15,18). The van der Waals surface area contributed by atoms with Crippen molar-refractivity contribution in [2.24, 2.45) is 0 Å². The number of hydrogen-bond donors (Lipinski definition) is 1. The summed E-state index contributed by atoms with van der Waals surface area (Å²) in [4.78, 5) is 13.4. The van der Waals surface area contributed by atoms with Crippen molar-refractivity contribution in [3.05, 3.63) is 38.8 Å². The number of aromatic nitrogens is 2. The number of aryl methyl sites for hydroxylation is 2. The molecule has 0 saturated heterocycles. The molecule has 0 bridgehead atoms. The Hall–Kier alpha value is -1.33. The fourth-order valence-electron chi connectivity index (χ4n) is 1.84. The first-order valence-electron chi connectivity index (χ1n) is 6.17. The van der Waals surface area contributed by atoms with Crippen molar-refractivity contribution in [2.75, 3.05) is 6.54 Å². The van der Waals surface area contributed by atoms with Gasteiger partial charge in [0.05, 0.1) is 10.7 Å². The molecule has 0 aliphatic rings. The number of hydrogen-bond acceptors (Lipinski definition) is 3. The molecule has 19 heavy (non-hydrogen) atoms. The van der Waals surface area contributed by atoms with Crippen LogP contribution in [0.3, 0.4) is 0 Å². The van der Waals surface area contributed by atoms with Crippen LogP contribution >= 0.6 is 22.9 Å². The maximum absolute atomic E-state index is 12.1. The summed E-state index contributed by atoms with van der Waals surface area (Å²) < 4.78 is 1.64. The Morgan fingerprint density at radius 2 is 2.37 bits per heavy atom. The van der Waals surface area contributed by atoms with Crippen LogP contribution in [0.4, 0.5) is 0 Å². The van der Waals surface area contributed by atoms with Gasteiger partial charge in [-0.1, -0.05) is 17.7 Å². The van der Waals surface area contributed by atoms with Gasteiger partial charge in [-0.3, -0.25) is 9.48 Å². The summed E-state index contributed by atoms with van der Waals surface area (Å²) in [6.07, 6.45) is 0.834. The molecule has 0 aromatic carbocycles. The van der Waals surface area contributed by atoms with E-state index in [1.54, 1.807) is 22.9 Å². The van der Waals surface area contributed by atoms with Crippen molar-refractivity contribution in [3.63, 3.8) is 0 Å². The molecule has 0 aliphatic carbocycles. The van der Waals surface area contributed by atoms with E-state index in [2.05, 4.69) is 16.5 Å². The van der Waals surface area contributed by atoms with Crippen LogP contribution in [0.1, 0.15) is 28.0 Å². The average molecular weight is 298 g/mol. The lowest BCUT2D eigenvalue weighted by atomic mass is 10.3. The zero-order valence-corrected chi connectivity index (χ0v) is 12.5. The van der Waals surface area contributed by atoms with Gasteiger partial charge in [-0.15, -0.1) is 11.3 Å². The summed E-state index contributed by atoms with van der Waals surface area (Å²) in [6, 6.07) is 4.07. The Bertz CT molecular complexity index is 563. The number of carbonyl (C=O) groups excluding carboxylic acids is 1. The van der Waals surface area contributed by atoms with E-state index in [1.165, 1.54) is 4.88 Å². The molecule has 2 aromatic rings. The highest BCUT2D eigenvalue weighted by Gasteiger charge is 2.19. The third-order valence-corrected chi connectivity index (χ3v) is 4.19.